The standard InChI is InChI=1S/C17H26N2O2/c1-14(21)19-16-7-5-15(6-8-16)11-18-12-17(13-20)9-3-2-4-10-17/h5-8,18,20H,2-4,9-13H2,1H3,(H,19,21). The normalized spacial score (nSPS) is 17.4. The summed E-state index contributed by atoms with van der Waals surface area (Å²) in [6.45, 7) is 3.45. The molecular weight excluding hydrogens is 264 g/mol. The van der Waals surface area contributed by atoms with Gasteiger partial charge in [0.05, 0.1) is 0 Å². The first-order chi connectivity index (χ1) is 10.1. The first-order valence-electron chi connectivity index (χ1n) is 7.82. The number of benzene rings is 1. The van der Waals surface area contributed by atoms with Crippen LogP contribution in [-0.2, 0) is 11.3 Å². The van der Waals surface area contributed by atoms with Crippen molar-refractivity contribution in [1.82, 2.24) is 5.32 Å². The lowest BCUT2D eigenvalue weighted by Gasteiger charge is -2.35. The summed E-state index contributed by atoms with van der Waals surface area (Å²) in [5, 5.41) is 15.9. The fourth-order valence-electron chi connectivity index (χ4n) is 3.07. The molecule has 0 radical (unpaired) electrons. The minimum Gasteiger partial charge on any atom is -0.396 e. The Balaban J connectivity index is 1.81. The van der Waals surface area contributed by atoms with E-state index < -0.39 is 0 Å². The molecule has 1 aliphatic rings. The third-order valence-corrected chi connectivity index (χ3v) is 4.35. The van der Waals surface area contributed by atoms with Crippen LogP contribution in [0.5, 0.6) is 0 Å². The van der Waals surface area contributed by atoms with E-state index in [1.165, 1.54) is 31.7 Å². The first-order valence-corrected chi connectivity index (χ1v) is 7.82. The predicted molar refractivity (Wildman–Crippen MR) is 85.1 cm³/mol. The molecule has 0 spiro atoms. The number of aliphatic hydroxyl groups is 1. The van der Waals surface area contributed by atoms with Crippen LogP contribution in [0.4, 0.5) is 5.69 Å². The molecule has 1 saturated carbocycles. The van der Waals surface area contributed by atoms with Gasteiger partial charge in [0.1, 0.15) is 0 Å². The van der Waals surface area contributed by atoms with E-state index in [4.69, 9.17) is 0 Å². The van der Waals surface area contributed by atoms with E-state index in [-0.39, 0.29) is 17.9 Å². The maximum Gasteiger partial charge on any atom is 0.221 e. The average molecular weight is 290 g/mol. The highest BCUT2D eigenvalue weighted by atomic mass is 16.3. The average Bonchev–Trinajstić information content (AvgIpc) is 2.49. The summed E-state index contributed by atoms with van der Waals surface area (Å²) in [6.07, 6.45) is 6.00. The van der Waals surface area contributed by atoms with E-state index in [0.29, 0.717) is 0 Å². The Hall–Kier alpha value is -1.39. The summed E-state index contributed by atoms with van der Waals surface area (Å²) in [5.74, 6) is -0.0527. The van der Waals surface area contributed by atoms with Crippen molar-refractivity contribution in [2.24, 2.45) is 5.41 Å². The molecular formula is C17H26N2O2. The number of amides is 1. The van der Waals surface area contributed by atoms with Gasteiger partial charge >= 0.3 is 0 Å². The second-order valence-electron chi connectivity index (χ2n) is 6.20. The monoisotopic (exact) mass is 290 g/mol. The Morgan fingerprint density at radius 3 is 2.43 bits per heavy atom. The lowest BCUT2D eigenvalue weighted by Crippen LogP contribution is -2.38. The summed E-state index contributed by atoms with van der Waals surface area (Å²) in [5.41, 5.74) is 2.09. The number of carbonyl (C=O) groups excluding carboxylic acids is 1. The van der Waals surface area contributed by atoms with Gasteiger partial charge in [0.2, 0.25) is 5.91 Å². The molecule has 0 heterocycles. The van der Waals surface area contributed by atoms with Gasteiger partial charge in [-0.2, -0.15) is 0 Å². The van der Waals surface area contributed by atoms with Gasteiger partial charge in [0, 0.05) is 37.7 Å². The van der Waals surface area contributed by atoms with Gasteiger partial charge in [-0.1, -0.05) is 31.4 Å². The molecule has 0 atom stereocenters. The van der Waals surface area contributed by atoms with E-state index in [1.807, 2.05) is 24.3 Å². The minimum absolute atomic E-state index is 0.0527. The van der Waals surface area contributed by atoms with Crippen LogP contribution >= 0.6 is 0 Å². The summed E-state index contributed by atoms with van der Waals surface area (Å²) in [7, 11) is 0. The molecule has 2 rings (SSSR count). The second-order valence-corrected chi connectivity index (χ2v) is 6.20. The van der Waals surface area contributed by atoms with Crippen molar-refractivity contribution in [3.8, 4) is 0 Å². The van der Waals surface area contributed by atoms with Crippen molar-refractivity contribution in [3.05, 3.63) is 29.8 Å². The van der Waals surface area contributed by atoms with Gasteiger partial charge in [-0.05, 0) is 30.5 Å². The van der Waals surface area contributed by atoms with E-state index in [2.05, 4.69) is 10.6 Å². The number of rotatable bonds is 6. The highest BCUT2D eigenvalue weighted by Crippen LogP contribution is 2.35. The van der Waals surface area contributed by atoms with Crippen molar-refractivity contribution < 1.29 is 9.90 Å². The molecule has 21 heavy (non-hydrogen) atoms. The van der Waals surface area contributed by atoms with Crippen molar-refractivity contribution in [3.63, 3.8) is 0 Å². The number of hydrogen-bond donors (Lipinski definition) is 3. The highest BCUT2D eigenvalue weighted by Gasteiger charge is 2.30. The van der Waals surface area contributed by atoms with Crippen LogP contribution in [0.2, 0.25) is 0 Å². The number of aliphatic hydroxyl groups excluding tert-OH is 1. The first kappa shape index (κ1) is 16.0. The molecule has 4 heteroatoms. The van der Waals surface area contributed by atoms with Crippen LogP contribution in [0.15, 0.2) is 24.3 Å². The third-order valence-electron chi connectivity index (χ3n) is 4.35. The quantitative estimate of drug-likeness (QED) is 0.755. The number of nitrogens with one attached hydrogen (secondary N) is 2. The van der Waals surface area contributed by atoms with Crippen molar-refractivity contribution in [1.29, 1.82) is 0 Å². The zero-order valence-corrected chi connectivity index (χ0v) is 12.8. The predicted octanol–water partition coefficient (Wildman–Crippen LogP) is 2.68. The van der Waals surface area contributed by atoms with Crippen molar-refractivity contribution in [2.75, 3.05) is 18.5 Å². The molecule has 1 aromatic carbocycles. The van der Waals surface area contributed by atoms with Crippen LogP contribution in [0.3, 0.4) is 0 Å². The molecule has 0 bridgehead atoms. The molecule has 116 valence electrons. The largest absolute Gasteiger partial charge is 0.396 e. The lowest BCUT2D eigenvalue weighted by molar-refractivity contribution is -0.114. The maximum absolute atomic E-state index is 11.0. The van der Waals surface area contributed by atoms with E-state index in [9.17, 15) is 9.90 Å². The number of hydrogen-bond acceptors (Lipinski definition) is 3. The SMILES string of the molecule is CC(=O)Nc1ccc(CNCC2(CO)CCCCC2)cc1. The Morgan fingerprint density at radius 1 is 1.19 bits per heavy atom. The van der Waals surface area contributed by atoms with Gasteiger partial charge < -0.3 is 15.7 Å². The third kappa shape index (κ3) is 4.83. The molecule has 1 aromatic rings. The van der Waals surface area contributed by atoms with Gasteiger partial charge in [-0.15, -0.1) is 0 Å². The molecule has 0 aliphatic heterocycles. The van der Waals surface area contributed by atoms with Gasteiger partial charge in [0.25, 0.3) is 0 Å². The summed E-state index contributed by atoms with van der Waals surface area (Å²) in [4.78, 5) is 11.0. The Morgan fingerprint density at radius 2 is 1.86 bits per heavy atom. The van der Waals surface area contributed by atoms with Crippen molar-refractivity contribution >= 4 is 11.6 Å². The summed E-state index contributed by atoms with van der Waals surface area (Å²) in [6, 6.07) is 7.87. The zero-order chi connectivity index (χ0) is 15.1. The van der Waals surface area contributed by atoms with Gasteiger partial charge in [-0.25, -0.2) is 0 Å². The fraction of sp³-hybridized carbons (Fsp3) is 0.588. The van der Waals surface area contributed by atoms with Crippen LogP contribution in [0.1, 0.15) is 44.6 Å². The Labute approximate surface area is 126 Å². The smallest absolute Gasteiger partial charge is 0.221 e. The molecule has 1 amide bonds. The highest BCUT2D eigenvalue weighted by molar-refractivity contribution is 5.88. The summed E-state index contributed by atoms with van der Waals surface area (Å²) < 4.78 is 0. The van der Waals surface area contributed by atoms with Crippen LogP contribution < -0.4 is 10.6 Å². The van der Waals surface area contributed by atoms with E-state index in [0.717, 1.165) is 31.6 Å². The molecule has 3 N–H and O–H groups in total. The summed E-state index contributed by atoms with van der Waals surface area (Å²) >= 11 is 0. The number of anilines is 1. The fourth-order valence-corrected chi connectivity index (χ4v) is 3.07. The van der Waals surface area contributed by atoms with Gasteiger partial charge in [-0.3, -0.25) is 4.79 Å². The molecule has 1 aliphatic carbocycles. The zero-order valence-electron chi connectivity index (χ0n) is 12.8. The molecule has 4 nitrogen and oxygen atoms in total. The number of carbonyl (C=O) groups is 1. The molecule has 0 saturated heterocycles. The Kier molecular flexibility index (Phi) is 5.76. The Bertz CT molecular complexity index is 450. The van der Waals surface area contributed by atoms with E-state index >= 15 is 0 Å². The van der Waals surface area contributed by atoms with Crippen LogP contribution in [0.25, 0.3) is 0 Å². The molecule has 0 aromatic heterocycles. The van der Waals surface area contributed by atoms with Crippen molar-refractivity contribution in [2.45, 2.75) is 45.6 Å². The van der Waals surface area contributed by atoms with Gasteiger partial charge in [0.15, 0.2) is 0 Å². The van der Waals surface area contributed by atoms with Crippen LogP contribution in [-0.4, -0.2) is 24.2 Å². The minimum atomic E-state index is -0.0527. The maximum atomic E-state index is 11.0. The van der Waals surface area contributed by atoms with E-state index in [1.54, 1.807) is 0 Å². The molecule has 1 fully saturated rings. The topological polar surface area (TPSA) is 61.4 Å². The molecule has 0 unspecified atom stereocenters. The lowest BCUT2D eigenvalue weighted by atomic mass is 9.74. The van der Waals surface area contributed by atoms with Crippen LogP contribution in [0, 0.1) is 5.41 Å². The second kappa shape index (κ2) is 7.57.